The van der Waals surface area contributed by atoms with Crippen molar-refractivity contribution in [2.24, 2.45) is 0 Å². The van der Waals surface area contributed by atoms with Gasteiger partial charge in [-0.3, -0.25) is 13.9 Å². The molecular weight excluding hydrogens is 457 g/mol. The Kier molecular flexibility index (Phi) is 8.63. The minimum Gasteiger partial charge on any atom is -0.357 e. The Bertz CT molecular complexity index is 1080. The van der Waals surface area contributed by atoms with Crippen LogP contribution in [0.2, 0.25) is 5.02 Å². The minimum absolute atomic E-state index is 0.0514. The number of carbonyl (C=O) groups excluding carboxylic acids is 2. The first kappa shape index (κ1) is 25.6. The van der Waals surface area contributed by atoms with Crippen molar-refractivity contribution < 1.29 is 22.4 Å². The maximum atomic E-state index is 13.6. The molecule has 0 spiro atoms. The fourth-order valence-corrected chi connectivity index (χ4v) is 4.25. The van der Waals surface area contributed by atoms with Gasteiger partial charge in [-0.05, 0) is 37.1 Å². The van der Waals surface area contributed by atoms with Crippen molar-refractivity contribution >= 4 is 39.1 Å². The average Bonchev–Trinajstić information content (AvgIpc) is 2.74. The molecule has 32 heavy (non-hydrogen) atoms. The predicted molar refractivity (Wildman–Crippen MR) is 123 cm³/mol. The second-order valence-corrected chi connectivity index (χ2v) is 9.73. The molecule has 174 valence electrons. The summed E-state index contributed by atoms with van der Waals surface area (Å²) in [5.74, 6) is -1.64. The molecule has 0 aromatic heterocycles. The normalized spacial score (nSPS) is 12.2. The van der Waals surface area contributed by atoms with Crippen LogP contribution in [0, 0.1) is 12.7 Å². The van der Waals surface area contributed by atoms with E-state index in [9.17, 15) is 22.4 Å². The van der Waals surface area contributed by atoms with Gasteiger partial charge in [-0.1, -0.05) is 48.4 Å². The van der Waals surface area contributed by atoms with E-state index in [2.05, 4.69) is 5.32 Å². The molecule has 1 atom stereocenters. The number of halogens is 2. The molecule has 2 aromatic carbocycles. The molecule has 2 amide bonds. The third-order valence-electron chi connectivity index (χ3n) is 4.98. The second-order valence-electron chi connectivity index (χ2n) is 7.41. The SMILES string of the molecule is CCC(C(=O)NC)N(Cc1ccc(C)cc1)C(=O)CN(c1ccc(F)c(Cl)c1)S(C)(=O)=O. The monoisotopic (exact) mass is 483 g/mol. The topological polar surface area (TPSA) is 86.8 Å². The standard InChI is InChI=1S/C22H27ClFN3O4S/c1-5-20(22(29)25-3)26(13-16-8-6-15(2)7-9-16)21(28)14-27(32(4,30)31)17-10-11-19(24)18(23)12-17/h6-12,20H,5,13-14H2,1-4H3,(H,25,29). The van der Waals surface area contributed by atoms with Crippen LogP contribution in [0.5, 0.6) is 0 Å². The van der Waals surface area contributed by atoms with E-state index in [4.69, 9.17) is 11.6 Å². The summed E-state index contributed by atoms with van der Waals surface area (Å²) in [6.07, 6.45) is 1.27. The summed E-state index contributed by atoms with van der Waals surface area (Å²) in [6, 6.07) is 10.1. The molecule has 2 rings (SSSR count). The van der Waals surface area contributed by atoms with Crippen molar-refractivity contribution in [2.75, 3.05) is 24.2 Å². The first-order chi connectivity index (χ1) is 15.0. The van der Waals surface area contributed by atoms with E-state index in [1.54, 1.807) is 6.92 Å². The maximum Gasteiger partial charge on any atom is 0.244 e. The van der Waals surface area contributed by atoms with Gasteiger partial charge >= 0.3 is 0 Å². The first-order valence-corrected chi connectivity index (χ1v) is 12.2. The van der Waals surface area contributed by atoms with E-state index in [0.717, 1.165) is 33.8 Å². The van der Waals surface area contributed by atoms with E-state index in [0.29, 0.717) is 6.42 Å². The van der Waals surface area contributed by atoms with E-state index < -0.39 is 34.3 Å². The molecule has 0 aliphatic heterocycles. The summed E-state index contributed by atoms with van der Waals surface area (Å²) in [5, 5.41) is 2.28. The number of carbonyl (C=O) groups is 2. The van der Waals surface area contributed by atoms with Gasteiger partial charge in [0, 0.05) is 13.6 Å². The maximum absolute atomic E-state index is 13.6. The highest BCUT2D eigenvalue weighted by molar-refractivity contribution is 7.92. The van der Waals surface area contributed by atoms with E-state index in [1.807, 2.05) is 31.2 Å². The van der Waals surface area contributed by atoms with Gasteiger partial charge in [-0.25, -0.2) is 12.8 Å². The van der Waals surface area contributed by atoms with Crippen LogP contribution in [0.15, 0.2) is 42.5 Å². The molecule has 10 heteroatoms. The Hall–Kier alpha value is -2.65. The second kappa shape index (κ2) is 10.8. The number of likely N-dealkylation sites (N-methyl/N-ethyl adjacent to an activating group) is 1. The minimum atomic E-state index is -3.91. The molecule has 1 N–H and O–H groups in total. The van der Waals surface area contributed by atoms with Crippen LogP contribution >= 0.6 is 11.6 Å². The number of rotatable bonds is 9. The van der Waals surface area contributed by atoms with Gasteiger partial charge < -0.3 is 10.2 Å². The molecular formula is C22H27ClFN3O4S. The van der Waals surface area contributed by atoms with Crippen LogP contribution < -0.4 is 9.62 Å². The van der Waals surface area contributed by atoms with E-state index in [-0.39, 0.29) is 23.2 Å². The number of anilines is 1. The predicted octanol–water partition coefficient (Wildman–Crippen LogP) is 3.11. The van der Waals surface area contributed by atoms with Gasteiger partial charge in [0.25, 0.3) is 0 Å². The van der Waals surface area contributed by atoms with Gasteiger partial charge in [0.05, 0.1) is 17.0 Å². The van der Waals surface area contributed by atoms with Crippen LogP contribution in [0.3, 0.4) is 0 Å². The van der Waals surface area contributed by atoms with E-state index >= 15 is 0 Å². The van der Waals surface area contributed by atoms with Crippen LogP contribution in [-0.2, 0) is 26.2 Å². The number of hydrogen-bond donors (Lipinski definition) is 1. The zero-order chi connectivity index (χ0) is 24.1. The quantitative estimate of drug-likeness (QED) is 0.593. The average molecular weight is 484 g/mol. The lowest BCUT2D eigenvalue weighted by Crippen LogP contribution is -2.51. The molecule has 0 aliphatic carbocycles. The van der Waals surface area contributed by atoms with Gasteiger partial charge in [0.15, 0.2) is 0 Å². The zero-order valence-corrected chi connectivity index (χ0v) is 20.0. The smallest absolute Gasteiger partial charge is 0.244 e. The number of aryl methyl sites for hydroxylation is 1. The summed E-state index contributed by atoms with van der Waals surface area (Å²) in [4.78, 5) is 27.2. The molecule has 0 saturated heterocycles. The summed E-state index contributed by atoms with van der Waals surface area (Å²) < 4.78 is 39.3. The first-order valence-electron chi connectivity index (χ1n) is 9.97. The molecule has 0 radical (unpaired) electrons. The molecule has 0 saturated carbocycles. The highest BCUT2D eigenvalue weighted by Crippen LogP contribution is 2.25. The lowest BCUT2D eigenvalue weighted by Gasteiger charge is -2.32. The van der Waals surface area contributed by atoms with Gasteiger partial charge in [0.1, 0.15) is 18.4 Å². The Morgan fingerprint density at radius 1 is 1.16 bits per heavy atom. The van der Waals surface area contributed by atoms with Gasteiger partial charge in [0.2, 0.25) is 21.8 Å². The summed E-state index contributed by atoms with van der Waals surface area (Å²) >= 11 is 5.82. The molecule has 2 aromatic rings. The lowest BCUT2D eigenvalue weighted by atomic mass is 10.1. The van der Waals surface area contributed by atoms with Crippen LogP contribution in [-0.4, -0.2) is 51.0 Å². The van der Waals surface area contributed by atoms with Crippen molar-refractivity contribution in [3.63, 3.8) is 0 Å². The lowest BCUT2D eigenvalue weighted by molar-refractivity contribution is -0.140. The molecule has 0 fully saturated rings. The number of hydrogen-bond acceptors (Lipinski definition) is 4. The number of benzene rings is 2. The highest BCUT2D eigenvalue weighted by atomic mass is 35.5. The van der Waals surface area contributed by atoms with E-state index in [1.165, 1.54) is 18.0 Å². The molecule has 7 nitrogen and oxygen atoms in total. The Balaban J connectivity index is 2.43. The van der Waals surface area contributed by atoms with Crippen molar-refractivity contribution in [3.05, 3.63) is 64.4 Å². The number of nitrogens with one attached hydrogen (secondary N) is 1. The van der Waals surface area contributed by atoms with Gasteiger partial charge in [-0.2, -0.15) is 0 Å². The zero-order valence-electron chi connectivity index (χ0n) is 18.4. The Morgan fingerprint density at radius 2 is 1.78 bits per heavy atom. The van der Waals surface area contributed by atoms with Crippen LogP contribution in [0.25, 0.3) is 0 Å². The molecule has 0 aliphatic rings. The summed E-state index contributed by atoms with van der Waals surface area (Å²) in [6.45, 7) is 3.25. The number of amides is 2. The number of nitrogens with zero attached hydrogens (tertiary/aromatic N) is 2. The Labute approximate surface area is 193 Å². The van der Waals surface area contributed by atoms with Crippen molar-refractivity contribution in [1.29, 1.82) is 0 Å². The highest BCUT2D eigenvalue weighted by Gasteiger charge is 2.31. The molecule has 1 unspecified atom stereocenters. The van der Waals surface area contributed by atoms with Crippen molar-refractivity contribution in [2.45, 2.75) is 32.9 Å². The van der Waals surface area contributed by atoms with Gasteiger partial charge in [-0.15, -0.1) is 0 Å². The van der Waals surface area contributed by atoms with Crippen molar-refractivity contribution in [3.8, 4) is 0 Å². The molecule has 0 heterocycles. The van der Waals surface area contributed by atoms with Crippen molar-refractivity contribution in [1.82, 2.24) is 10.2 Å². The molecule has 0 bridgehead atoms. The number of sulfonamides is 1. The largest absolute Gasteiger partial charge is 0.357 e. The third-order valence-corrected chi connectivity index (χ3v) is 6.41. The van der Waals surface area contributed by atoms with Crippen LogP contribution in [0.1, 0.15) is 24.5 Å². The Morgan fingerprint density at radius 3 is 2.28 bits per heavy atom. The fourth-order valence-electron chi connectivity index (χ4n) is 3.23. The summed E-state index contributed by atoms with van der Waals surface area (Å²) in [5.41, 5.74) is 1.89. The fraction of sp³-hybridized carbons (Fsp3) is 0.364. The summed E-state index contributed by atoms with van der Waals surface area (Å²) in [7, 11) is -2.43. The van der Waals surface area contributed by atoms with Crippen LogP contribution in [0.4, 0.5) is 10.1 Å². The third kappa shape index (κ3) is 6.43.